The van der Waals surface area contributed by atoms with E-state index < -0.39 is 0 Å². The number of rotatable bonds is 3. The number of nitrogens with zero attached hydrogens (tertiary/aromatic N) is 1. The van der Waals surface area contributed by atoms with Crippen LogP contribution in [-0.4, -0.2) is 27.5 Å². The molecule has 82 valence electrons. The number of nitrogens with one attached hydrogen (secondary N) is 2. The van der Waals surface area contributed by atoms with Crippen LogP contribution in [0.25, 0.3) is 0 Å². The molecular weight excluding hydrogens is 258 g/mol. The predicted octanol–water partition coefficient (Wildman–Crippen LogP) is 1.70. The number of hydrogen-bond acceptors (Lipinski definition) is 2. The Bertz CT molecular complexity index is 325. The van der Waals surface area contributed by atoms with Gasteiger partial charge in [0.1, 0.15) is 5.69 Å². The molecular formula is C10H14BrN3O. The summed E-state index contributed by atoms with van der Waals surface area (Å²) < 4.78 is 0. The van der Waals surface area contributed by atoms with Gasteiger partial charge in [-0.25, -0.2) is 0 Å². The van der Waals surface area contributed by atoms with Gasteiger partial charge < -0.3 is 5.32 Å². The molecule has 1 fully saturated rings. The summed E-state index contributed by atoms with van der Waals surface area (Å²) in [6.45, 7) is 0. The first-order chi connectivity index (χ1) is 7.31. The van der Waals surface area contributed by atoms with E-state index in [2.05, 4.69) is 31.4 Å². The van der Waals surface area contributed by atoms with Crippen molar-refractivity contribution in [3.05, 3.63) is 18.0 Å². The summed E-state index contributed by atoms with van der Waals surface area (Å²) in [5.41, 5.74) is 0.537. The van der Waals surface area contributed by atoms with Gasteiger partial charge in [-0.2, -0.15) is 5.10 Å². The average Bonchev–Trinajstić information content (AvgIpc) is 2.87. The molecule has 15 heavy (non-hydrogen) atoms. The first-order valence-electron chi connectivity index (χ1n) is 5.17. The molecule has 1 heterocycles. The highest BCUT2D eigenvalue weighted by Crippen LogP contribution is 2.27. The topological polar surface area (TPSA) is 57.8 Å². The van der Waals surface area contributed by atoms with Crippen LogP contribution in [0.2, 0.25) is 0 Å². The lowest BCUT2D eigenvalue weighted by Crippen LogP contribution is -2.38. The van der Waals surface area contributed by atoms with E-state index in [1.54, 1.807) is 12.3 Å². The van der Waals surface area contributed by atoms with Crippen LogP contribution in [0.15, 0.2) is 12.3 Å². The number of hydrogen-bond donors (Lipinski definition) is 2. The second kappa shape index (κ2) is 4.79. The number of carbonyl (C=O) groups is 1. The lowest BCUT2D eigenvalue weighted by Gasteiger charge is -2.18. The highest BCUT2D eigenvalue weighted by molar-refractivity contribution is 9.09. The fourth-order valence-electron chi connectivity index (χ4n) is 2.04. The van der Waals surface area contributed by atoms with Crippen molar-refractivity contribution in [2.24, 2.45) is 5.92 Å². The summed E-state index contributed by atoms with van der Waals surface area (Å²) in [5.74, 6) is 0.516. The summed E-state index contributed by atoms with van der Waals surface area (Å²) in [4.78, 5) is 11.7. The molecule has 0 spiro atoms. The molecule has 0 saturated heterocycles. The molecule has 1 aliphatic rings. The van der Waals surface area contributed by atoms with Gasteiger partial charge in [0, 0.05) is 17.6 Å². The third-order valence-corrected chi connectivity index (χ3v) is 3.75. The first-order valence-corrected chi connectivity index (χ1v) is 6.29. The number of carbonyl (C=O) groups excluding carboxylic acids is 1. The molecule has 2 atom stereocenters. The van der Waals surface area contributed by atoms with E-state index >= 15 is 0 Å². The quantitative estimate of drug-likeness (QED) is 0.823. The molecule has 0 aliphatic heterocycles. The van der Waals surface area contributed by atoms with E-state index in [9.17, 15) is 4.79 Å². The Morgan fingerprint density at radius 1 is 1.67 bits per heavy atom. The van der Waals surface area contributed by atoms with Crippen molar-refractivity contribution < 1.29 is 4.79 Å². The Kier molecular flexibility index (Phi) is 3.41. The van der Waals surface area contributed by atoms with Gasteiger partial charge in [0.05, 0.1) is 0 Å². The Morgan fingerprint density at radius 2 is 2.53 bits per heavy atom. The minimum atomic E-state index is -0.0506. The maximum atomic E-state index is 11.7. The highest BCUT2D eigenvalue weighted by Gasteiger charge is 2.27. The molecule has 2 rings (SSSR count). The van der Waals surface area contributed by atoms with Gasteiger partial charge in [0.15, 0.2) is 0 Å². The van der Waals surface area contributed by atoms with Crippen LogP contribution in [-0.2, 0) is 0 Å². The summed E-state index contributed by atoms with van der Waals surface area (Å²) in [7, 11) is 0. The number of halogens is 1. The van der Waals surface area contributed by atoms with Crippen molar-refractivity contribution >= 4 is 21.8 Å². The first kappa shape index (κ1) is 10.7. The van der Waals surface area contributed by atoms with Crippen molar-refractivity contribution in [2.45, 2.75) is 25.3 Å². The number of aromatic amines is 1. The number of alkyl halides is 1. The Labute approximate surface area is 97.0 Å². The van der Waals surface area contributed by atoms with Crippen molar-refractivity contribution in [3.63, 3.8) is 0 Å². The minimum Gasteiger partial charge on any atom is -0.348 e. The molecule has 1 aliphatic carbocycles. The van der Waals surface area contributed by atoms with Crippen molar-refractivity contribution in [3.8, 4) is 0 Å². The fourth-order valence-corrected chi connectivity index (χ4v) is 2.82. The summed E-state index contributed by atoms with van der Waals surface area (Å²) >= 11 is 3.48. The average molecular weight is 272 g/mol. The maximum absolute atomic E-state index is 11.7. The Balaban J connectivity index is 1.94. The second-order valence-corrected chi connectivity index (χ2v) is 4.54. The normalized spacial score (nSPS) is 25.4. The molecule has 2 unspecified atom stereocenters. The standard InChI is InChI=1S/C10H14BrN3O/c11-6-7-2-1-3-8(7)13-10(15)9-4-5-12-14-9/h4-5,7-8H,1-3,6H2,(H,12,14)(H,13,15). The molecule has 5 heteroatoms. The molecule has 1 aromatic heterocycles. The van der Waals surface area contributed by atoms with Crippen LogP contribution in [0.4, 0.5) is 0 Å². The SMILES string of the molecule is O=C(NC1CCCC1CBr)c1ccn[nH]1. The highest BCUT2D eigenvalue weighted by atomic mass is 79.9. The van der Waals surface area contributed by atoms with E-state index in [0.29, 0.717) is 17.7 Å². The summed E-state index contributed by atoms with van der Waals surface area (Å²) in [6.07, 6.45) is 5.06. The third kappa shape index (κ3) is 2.40. The number of aromatic nitrogens is 2. The summed E-state index contributed by atoms with van der Waals surface area (Å²) in [5, 5.41) is 10.4. The fraction of sp³-hybridized carbons (Fsp3) is 0.600. The minimum absolute atomic E-state index is 0.0506. The molecule has 1 saturated carbocycles. The zero-order valence-corrected chi connectivity index (χ0v) is 9.96. The van der Waals surface area contributed by atoms with Gasteiger partial charge in [-0.1, -0.05) is 22.4 Å². The predicted molar refractivity (Wildman–Crippen MR) is 61.0 cm³/mol. The van der Waals surface area contributed by atoms with Crippen LogP contribution in [0.1, 0.15) is 29.8 Å². The molecule has 0 aromatic carbocycles. The third-order valence-electron chi connectivity index (χ3n) is 2.92. The van der Waals surface area contributed by atoms with Gasteiger partial charge in [-0.3, -0.25) is 9.89 Å². The number of amides is 1. The van der Waals surface area contributed by atoms with Gasteiger partial charge in [-0.15, -0.1) is 0 Å². The summed E-state index contributed by atoms with van der Waals surface area (Å²) in [6, 6.07) is 1.99. The number of H-pyrrole nitrogens is 1. The second-order valence-electron chi connectivity index (χ2n) is 3.90. The lowest BCUT2D eigenvalue weighted by molar-refractivity contribution is 0.0925. The van der Waals surface area contributed by atoms with Crippen LogP contribution >= 0.6 is 15.9 Å². The monoisotopic (exact) mass is 271 g/mol. The molecule has 1 amide bonds. The molecule has 4 nitrogen and oxygen atoms in total. The van der Waals surface area contributed by atoms with Gasteiger partial charge in [0.25, 0.3) is 5.91 Å². The van der Waals surface area contributed by atoms with Crippen molar-refractivity contribution in [1.82, 2.24) is 15.5 Å². The van der Waals surface area contributed by atoms with Gasteiger partial charge >= 0.3 is 0 Å². The van der Waals surface area contributed by atoms with E-state index in [1.165, 1.54) is 12.8 Å². The van der Waals surface area contributed by atoms with Crippen LogP contribution in [0.5, 0.6) is 0 Å². The lowest BCUT2D eigenvalue weighted by atomic mass is 10.1. The van der Waals surface area contributed by atoms with E-state index in [1.807, 2.05) is 0 Å². The Morgan fingerprint density at radius 3 is 3.20 bits per heavy atom. The smallest absolute Gasteiger partial charge is 0.269 e. The van der Waals surface area contributed by atoms with Crippen molar-refractivity contribution in [1.29, 1.82) is 0 Å². The van der Waals surface area contributed by atoms with E-state index in [4.69, 9.17) is 0 Å². The van der Waals surface area contributed by atoms with Crippen LogP contribution in [0.3, 0.4) is 0 Å². The van der Waals surface area contributed by atoms with E-state index in [0.717, 1.165) is 11.8 Å². The van der Waals surface area contributed by atoms with E-state index in [-0.39, 0.29) is 5.91 Å². The van der Waals surface area contributed by atoms with Crippen LogP contribution in [0, 0.1) is 5.92 Å². The van der Waals surface area contributed by atoms with Crippen molar-refractivity contribution in [2.75, 3.05) is 5.33 Å². The molecule has 0 radical (unpaired) electrons. The molecule has 0 bridgehead atoms. The van der Waals surface area contributed by atoms with Gasteiger partial charge in [0.2, 0.25) is 0 Å². The molecule has 2 N–H and O–H groups in total. The maximum Gasteiger partial charge on any atom is 0.269 e. The zero-order chi connectivity index (χ0) is 10.7. The largest absolute Gasteiger partial charge is 0.348 e. The van der Waals surface area contributed by atoms with Crippen LogP contribution < -0.4 is 5.32 Å². The molecule has 1 aromatic rings. The van der Waals surface area contributed by atoms with Gasteiger partial charge in [-0.05, 0) is 24.8 Å². The Hall–Kier alpha value is -0.840. The zero-order valence-electron chi connectivity index (χ0n) is 8.37.